The highest BCUT2D eigenvalue weighted by molar-refractivity contribution is 7.98. The van der Waals surface area contributed by atoms with Gasteiger partial charge in [-0.15, -0.1) is 11.3 Å². The van der Waals surface area contributed by atoms with Gasteiger partial charge in [-0.25, -0.2) is 15.0 Å². The first-order valence-corrected chi connectivity index (χ1v) is 10.9. The molecular formula is C19H18N4O2S2. The Bertz CT molecular complexity index is 1140. The molecule has 4 heterocycles. The minimum absolute atomic E-state index is 0.0568. The number of nitrogens with one attached hydrogen (secondary N) is 1. The van der Waals surface area contributed by atoms with E-state index in [1.54, 1.807) is 17.6 Å². The summed E-state index contributed by atoms with van der Waals surface area (Å²) < 4.78 is 6.65. The van der Waals surface area contributed by atoms with Crippen LogP contribution in [0.2, 0.25) is 0 Å². The molecule has 0 atom stereocenters. The van der Waals surface area contributed by atoms with Crippen molar-refractivity contribution in [3.05, 3.63) is 29.5 Å². The van der Waals surface area contributed by atoms with Crippen molar-refractivity contribution in [2.24, 2.45) is 0 Å². The molecule has 0 bridgehead atoms. The summed E-state index contributed by atoms with van der Waals surface area (Å²) in [6, 6.07) is 3.88. The van der Waals surface area contributed by atoms with Crippen molar-refractivity contribution >= 4 is 49.3 Å². The normalized spacial score (nSPS) is 13.6. The van der Waals surface area contributed by atoms with Gasteiger partial charge < -0.3 is 14.8 Å². The smallest absolute Gasteiger partial charge is 0.189 e. The van der Waals surface area contributed by atoms with Gasteiger partial charge in [0.05, 0.1) is 23.1 Å². The number of fused-ring (bicyclic) bond motifs is 5. The number of furan rings is 1. The fourth-order valence-electron chi connectivity index (χ4n) is 3.75. The molecular weight excluding hydrogens is 380 g/mol. The van der Waals surface area contributed by atoms with Crippen molar-refractivity contribution in [2.45, 2.75) is 24.4 Å². The van der Waals surface area contributed by atoms with Gasteiger partial charge in [-0.05, 0) is 48.8 Å². The highest BCUT2D eigenvalue weighted by Gasteiger charge is 2.26. The Balaban J connectivity index is 1.83. The molecule has 0 amide bonds. The summed E-state index contributed by atoms with van der Waals surface area (Å²) in [6.45, 7) is 0.513. The maximum absolute atomic E-state index is 9.20. The van der Waals surface area contributed by atoms with Gasteiger partial charge in [0.1, 0.15) is 16.3 Å². The zero-order valence-corrected chi connectivity index (χ0v) is 16.4. The molecule has 0 saturated heterocycles. The first-order chi connectivity index (χ1) is 13.3. The minimum Gasteiger partial charge on any atom is -0.463 e. The predicted molar refractivity (Wildman–Crippen MR) is 110 cm³/mol. The van der Waals surface area contributed by atoms with E-state index in [9.17, 15) is 5.11 Å². The molecule has 0 saturated carbocycles. The lowest BCUT2D eigenvalue weighted by molar-refractivity contribution is 0.311. The van der Waals surface area contributed by atoms with E-state index in [1.165, 1.54) is 22.9 Å². The average molecular weight is 399 g/mol. The number of thiophene rings is 1. The Labute approximate surface area is 164 Å². The third-order valence-electron chi connectivity index (χ3n) is 4.85. The Hall–Kier alpha value is -2.16. The monoisotopic (exact) mass is 398 g/mol. The summed E-state index contributed by atoms with van der Waals surface area (Å²) in [5.74, 6) is 1.59. The van der Waals surface area contributed by atoms with Crippen LogP contribution < -0.4 is 5.32 Å². The van der Waals surface area contributed by atoms with Crippen molar-refractivity contribution in [3.63, 3.8) is 0 Å². The van der Waals surface area contributed by atoms with Crippen molar-refractivity contribution < 1.29 is 9.52 Å². The standard InChI is InChI=1S/C19H18N4O2S2/c1-26-19-22-15-13-10-4-2-5-11(10)14(12-6-3-9-25-12)21-18(13)27-16(15)17(23-19)20-7-8-24/h3,6,9,24H,2,4-5,7-8H2,1H3,(H,20,22,23). The van der Waals surface area contributed by atoms with E-state index in [4.69, 9.17) is 14.4 Å². The Morgan fingerprint density at radius 2 is 2.15 bits per heavy atom. The van der Waals surface area contributed by atoms with Crippen LogP contribution in [-0.4, -0.2) is 39.5 Å². The van der Waals surface area contributed by atoms with E-state index in [0.29, 0.717) is 6.54 Å². The number of anilines is 1. The van der Waals surface area contributed by atoms with Crippen LogP contribution in [0.3, 0.4) is 0 Å². The third-order valence-corrected chi connectivity index (χ3v) is 6.48. The van der Waals surface area contributed by atoms with Crippen molar-refractivity contribution in [1.82, 2.24) is 15.0 Å². The van der Waals surface area contributed by atoms with Crippen LogP contribution in [0.5, 0.6) is 0 Å². The van der Waals surface area contributed by atoms with Gasteiger partial charge in [0.15, 0.2) is 10.9 Å². The number of aliphatic hydroxyl groups is 1. The highest BCUT2D eigenvalue weighted by Crippen LogP contribution is 2.43. The number of aliphatic hydroxyl groups excluding tert-OH is 1. The van der Waals surface area contributed by atoms with E-state index >= 15 is 0 Å². The second-order valence-corrected chi connectivity index (χ2v) is 8.19. The summed E-state index contributed by atoms with van der Waals surface area (Å²) in [4.78, 5) is 15.4. The van der Waals surface area contributed by atoms with Crippen LogP contribution >= 0.6 is 23.1 Å². The van der Waals surface area contributed by atoms with Crippen molar-refractivity contribution in [1.29, 1.82) is 0 Å². The molecule has 5 rings (SSSR count). The van der Waals surface area contributed by atoms with Crippen LogP contribution in [0.15, 0.2) is 28.0 Å². The first kappa shape index (κ1) is 17.0. The van der Waals surface area contributed by atoms with E-state index < -0.39 is 0 Å². The van der Waals surface area contributed by atoms with Gasteiger partial charge in [-0.2, -0.15) is 0 Å². The molecule has 0 aliphatic heterocycles. The van der Waals surface area contributed by atoms with Crippen LogP contribution in [-0.2, 0) is 12.8 Å². The van der Waals surface area contributed by atoms with Crippen LogP contribution in [0.4, 0.5) is 5.82 Å². The molecule has 4 aromatic rings. The molecule has 0 aromatic carbocycles. The lowest BCUT2D eigenvalue weighted by Crippen LogP contribution is -2.07. The van der Waals surface area contributed by atoms with Gasteiger partial charge in [-0.1, -0.05) is 11.8 Å². The lowest BCUT2D eigenvalue weighted by atomic mass is 10.0. The van der Waals surface area contributed by atoms with Gasteiger partial charge in [0.25, 0.3) is 0 Å². The SMILES string of the molecule is CSc1nc(NCCO)c2sc3nc(-c4ccco4)c4c(c3c2n1)CCC4. The van der Waals surface area contributed by atoms with Gasteiger partial charge >= 0.3 is 0 Å². The van der Waals surface area contributed by atoms with Gasteiger partial charge in [0.2, 0.25) is 0 Å². The number of aromatic nitrogens is 3. The Kier molecular flexibility index (Phi) is 4.26. The van der Waals surface area contributed by atoms with Gasteiger partial charge in [-0.3, -0.25) is 0 Å². The zero-order chi connectivity index (χ0) is 18.4. The lowest BCUT2D eigenvalue weighted by Gasteiger charge is -2.08. The zero-order valence-electron chi connectivity index (χ0n) is 14.8. The molecule has 0 unspecified atom stereocenters. The summed E-state index contributed by atoms with van der Waals surface area (Å²) >= 11 is 3.13. The summed E-state index contributed by atoms with van der Waals surface area (Å²) in [7, 11) is 0. The molecule has 0 radical (unpaired) electrons. The van der Waals surface area contributed by atoms with Crippen LogP contribution in [0, 0.1) is 0 Å². The number of hydrogen-bond acceptors (Lipinski definition) is 8. The molecule has 0 spiro atoms. The average Bonchev–Trinajstić information content (AvgIpc) is 3.43. The minimum atomic E-state index is 0.0568. The first-order valence-electron chi connectivity index (χ1n) is 8.88. The fraction of sp³-hybridized carbons (Fsp3) is 0.316. The number of hydrogen-bond donors (Lipinski definition) is 2. The molecule has 138 valence electrons. The highest BCUT2D eigenvalue weighted by atomic mass is 32.2. The maximum atomic E-state index is 9.20. The van der Waals surface area contributed by atoms with E-state index in [0.717, 1.165) is 62.1 Å². The molecule has 8 heteroatoms. The van der Waals surface area contributed by atoms with Crippen molar-refractivity contribution in [3.8, 4) is 11.5 Å². The molecule has 2 N–H and O–H groups in total. The summed E-state index contributed by atoms with van der Waals surface area (Å²) in [5, 5.41) is 14.3. The number of pyridine rings is 1. The Morgan fingerprint density at radius 3 is 2.93 bits per heavy atom. The molecule has 0 fully saturated rings. The van der Waals surface area contributed by atoms with Crippen molar-refractivity contribution in [2.75, 3.05) is 24.7 Å². The largest absolute Gasteiger partial charge is 0.463 e. The number of rotatable bonds is 5. The summed E-state index contributed by atoms with van der Waals surface area (Å²) in [6.07, 6.45) is 6.84. The van der Waals surface area contributed by atoms with Gasteiger partial charge in [0, 0.05) is 11.9 Å². The molecule has 1 aliphatic carbocycles. The third kappa shape index (κ3) is 2.70. The number of nitrogens with zero attached hydrogens (tertiary/aromatic N) is 3. The molecule has 4 aromatic heterocycles. The summed E-state index contributed by atoms with van der Waals surface area (Å²) in [5.41, 5.74) is 4.55. The second kappa shape index (κ2) is 6.78. The fourth-order valence-corrected chi connectivity index (χ4v) is 5.22. The van der Waals surface area contributed by atoms with Crippen LogP contribution in [0.1, 0.15) is 17.5 Å². The topological polar surface area (TPSA) is 84.1 Å². The molecule has 27 heavy (non-hydrogen) atoms. The van der Waals surface area contributed by atoms with E-state index in [1.807, 2.05) is 18.4 Å². The van der Waals surface area contributed by atoms with Crippen LogP contribution in [0.25, 0.3) is 31.9 Å². The second-order valence-electron chi connectivity index (χ2n) is 6.42. The number of thioether (sulfide) groups is 1. The predicted octanol–water partition coefficient (Wildman–Crippen LogP) is 4.11. The Morgan fingerprint density at radius 1 is 1.26 bits per heavy atom. The molecule has 6 nitrogen and oxygen atoms in total. The molecule has 1 aliphatic rings. The number of aryl methyl sites for hydroxylation is 1. The van der Waals surface area contributed by atoms with E-state index in [2.05, 4.69) is 10.3 Å². The maximum Gasteiger partial charge on any atom is 0.189 e. The quantitative estimate of drug-likeness (QED) is 0.386. The van der Waals surface area contributed by atoms with E-state index in [-0.39, 0.29) is 6.61 Å².